The van der Waals surface area contributed by atoms with Crippen LogP contribution in [0, 0.1) is 0 Å². The van der Waals surface area contributed by atoms with E-state index in [1.807, 2.05) is 19.1 Å². The van der Waals surface area contributed by atoms with Crippen LogP contribution in [0.15, 0.2) is 53.5 Å². The predicted octanol–water partition coefficient (Wildman–Crippen LogP) is 3.67. The Bertz CT molecular complexity index is 829. The average molecular weight is 376 g/mol. The SMILES string of the molecule is CCCS(=O)(=O)CC(=Nc1ccc(OC)cc1)Nc1ccc(OC)cc1. The van der Waals surface area contributed by atoms with Gasteiger partial charge in [0.15, 0.2) is 9.84 Å². The van der Waals surface area contributed by atoms with Crippen molar-refractivity contribution in [3.63, 3.8) is 0 Å². The highest BCUT2D eigenvalue weighted by Gasteiger charge is 2.15. The van der Waals surface area contributed by atoms with E-state index in [2.05, 4.69) is 10.3 Å². The van der Waals surface area contributed by atoms with Crippen LogP contribution in [-0.2, 0) is 9.84 Å². The summed E-state index contributed by atoms with van der Waals surface area (Å²) in [7, 11) is -0.0563. The summed E-state index contributed by atoms with van der Waals surface area (Å²) in [5.41, 5.74) is 1.39. The molecule has 0 aliphatic carbocycles. The third-order valence-electron chi connectivity index (χ3n) is 3.59. The molecule has 0 spiro atoms. The predicted molar refractivity (Wildman–Crippen MR) is 106 cm³/mol. The molecule has 0 radical (unpaired) electrons. The van der Waals surface area contributed by atoms with E-state index in [0.717, 1.165) is 11.4 Å². The first kappa shape index (κ1) is 19.8. The van der Waals surface area contributed by atoms with E-state index in [9.17, 15) is 8.42 Å². The first-order valence-electron chi connectivity index (χ1n) is 8.29. The van der Waals surface area contributed by atoms with Gasteiger partial charge in [-0.05, 0) is 55.0 Å². The number of rotatable bonds is 8. The second-order valence-electron chi connectivity index (χ2n) is 5.70. The van der Waals surface area contributed by atoms with Crippen LogP contribution in [0.25, 0.3) is 0 Å². The van der Waals surface area contributed by atoms with E-state index in [1.54, 1.807) is 50.6 Å². The summed E-state index contributed by atoms with van der Waals surface area (Å²) >= 11 is 0. The zero-order valence-electron chi connectivity index (χ0n) is 15.2. The Morgan fingerprint density at radius 3 is 2.00 bits per heavy atom. The van der Waals surface area contributed by atoms with Crippen molar-refractivity contribution in [3.05, 3.63) is 48.5 Å². The maximum atomic E-state index is 12.3. The van der Waals surface area contributed by atoms with Gasteiger partial charge in [0.25, 0.3) is 0 Å². The van der Waals surface area contributed by atoms with E-state index in [-0.39, 0.29) is 11.5 Å². The van der Waals surface area contributed by atoms with Crippen molar-refractivity contribution in [1.29, 1.82) is 0 Å². The number of benzene rings is 2. The Morgan fingerprint density at radius 1 is 0.962 bits per heavy atom. The van der Waals surface area contributed by atoms with Gasteiger partial charge in [-0.1, -0.05) is 6.92 Å². The molecule has 0 unspecified atom stereocenters. The number of hydrogen-bond donors (Lipinski definition) is 1. The molecule has 0 saturated heterocycles. The van der Waals surface area contributed by atoms with Crippen molar-refractivity contribution in [2.24, 2.45) is 4.99 Å². The van der Waals surface area contributed by atoms with Gasteiger partial charge in [-0.3, -0.25) is 0 Å². The molecule has 0 bridgehead atoms. The summed E-state index contributed by atoms with van der Waals surface area (Å²) < 4.78 is 34.8. The highest BCUT2D eigenvalue weighted by Crippen LogP contribution is 2.20. The van der Waals surface area contributed by atoms with Gasteiger partial charge in [-0.2, -0.15) is 0 Å². The second kappa shape index (κ2) is 9.24. The van der Waals surface area contributed by atoms with Gasteiger partial charge in [0.05, 0.1) is 25.7 Å². The van der Waals surface area contributed by atoms with Gasteiger partial charge in [-0.25, -0.2) is 13.4 Å². The van der Waals surface area contributed by atoms with E-state index in [0.29, 0.717) is 23.7 Å². The molecule has 7 heteroatoms. The minimum Gasteiger partial charge on any atom is -0.497 e. The fourth-order valence-corrected chi connectivity index (χ4v) is 3.66. The monoisotopic (exact) mass is 376 g/mol. The number of sulfone groups is 1. The number of methoxy groups -OCH3 is 2. The highest BCUT2D eigenvalue weighted by atomic mass is 32.2. The Hall–Kier alpha value is -2.54. The molecule has 1 N–H and O–H groups in total. The number of nitrogens with zero attached hydrogens (tertiary/aromatic N) is 1. The zero-order valence-corrected chi connectivity index (χ0v) is 16.0. The largest absolute Gasteiger partial charge is 0.497 e. The Morgan fingerprint density at radius 2 is 1.50 bits per heavy atom. The van der Waals surface area contributed by atoms with E-state index in [4.69, 9.17) is 9.47 Å². The molecule has 0 aliphatic rings. The number of hydrogen-bond acceptors (Lipinski definition) is 5. The lowest BCUT2D eigenvalue weighted by molar-refractivity contribution is 0.415. The highest BCUT2D eigenvalue weighted by molar-refractivity contribution is 7.92. The number of anilines is 1. The molecule has 6 nitrogen and oxygen atoms in total. The van der Waals surface area contributed by atoms with Gasteiger partial charge in [0.2, 0.25) is 0 Å². The van der Waals surface area contributed by atoms with Crippen molar-refractivity contribution in [1.82, 2.24) is 0 Å². The fourth-order valence-electron chi connectivity index (χ4n) is 2.34. The summed E-state index contributed by atoms with van der Waals surface area (Å²) in [6, 6.07) is 14.3. The Kier molecular flexibility index (Phi) is 7.03. The van der Waals surface area contributed by atoms with Gasteiger partial charge in [-0.15, -0.1) is 0 Å². The third kappa shape index (κ3) is 6.07. The second-order valence-corrected chi connectivity index (χ2v) is 7.89. The number of aliphatic imine (C=N–C) groups is 1. The van der Waals surface area contributed by atoms with Gasteiger partial charge in [0.1, 0.15) is 23.1 Å². The minimum absolute atomic E-state index is 0.124. The topological polar surface area (TPSA) is 77.0 Å². The molecule has 0 fully saturated rings. The van der Waals surface area contributed by atoms with Crippen LogP contribution in [0.2, 0.25) is 0 Å². The van der Waals surface area contributed by atoms with Crippen molar-refractivity contribution in [2.75, 3.05) is 31.0 Å². The minimum atomic E-state index is -3.24. The van der Waals surface area contributed by atoms with Crippen molar-refractivity contribution >= 4 is 27.0 Å². The van der Waals surface area contributed by atoms with Crippen LogP contribution in [0.1, 0.15) is 13.3 Å². The van der Waals surface area contributed by atoms with Crippen molar-refractivity contribution in [3.8, 4) is 11.5 Å². The van der Waals surface area contributed by atoms with Crippen LogP contribution in [0.3, 0.4) is 0 Å². The maximum absolute atomic E-state index is 12.3. The van der Waals surface area contributed by atoms with E-state index >= 15 is 0 Å². The van der Waals surface area contributed by atoms with Crippen molar-refractivity contribution < 1.29 is 17.9 Å². The van der Waals surface area contributed by atoms with Crippen LogP contribution >= 0.6 is 0 Å². The van der Waals surface area contributed by atoms with Crippen LogP contribution in [0.5, 0.6) is 11.5 Å². The molecule has 0 aromatic heterocycles. The molecule has 0 heterocycles. The molecular weight excluding hydrogens is 352 g/mol. The smallest absolute Gasteiger partial charge is 0.157 e. The quantitative estimate of drug-likeness (QED) is 0.562. The molecule has 2 aromatic rings. The average Bonchev–Trinajstić information content (AvgIpc) is 2.62. The lowest BCUT2D eigenvalue weighted by Gasteiger charge is -2.11. The molecular formula is C19H24N2O4S. The summed E-state index contributed by atoms with van der Waals surface area (Å²) in [6.45, 7) is 1.84. The Labute approximate surface area is 154 Å². The van der Waals surface area contributed by atoms with Crippen LogP contribution < -0.4 is 14.8 Å². The lowest BCUT2D eigenvalue weighted by Crippen LogP contribution is -2.24. The maximum Gasteiger partial charge on any atom is 0.157 e. The summed E-state index contributed by atoms with van der Waals surface area (Å²) in [6.07, 6.45) is 0.570. The first-order valence-corrected chi connectivity index (χ1v) is 10.1. The lowest BCUT2D eigenvalue weighted by atomic mass is 10.3. The number of amidine groups is 1. The Balaban J connectivity index is 2.28. The summed E-state index contributed by atoms with van der Waals surface area (Å²) in [5.74, 6) is 1.78. The van der Waals surface area contributed by atoms with Gasteiger partial charge < -0.3 is 14.8 Å². The number of nitrogens with one attached hydrogen (secondary N) is 1. The number of ether oxygens (including phenoxy) is 2. The van der Waals surface area contributed by atoms with Crippen LogP contribution in [-0.4, -0.2) is 40.0 Å². The van der Waals surface area contributed by atoms with Crippen LogP contribution in [0.4, 0.5) is 11.4 Å². The molecule has 26 heavy (non-hydrogen) atoms. The molecule has 140 valence electrons. The van der Waals surface area contributed by atoms with Gasteiger partial charge >= 0.3 is 0 Å². The molecule has 0 aliphatic heterocycles. The first-order chi connectivity index (χ1) is 12.5. The molecule has 0 atom stereocenters. The molecule has 0 amide bonds. The standard InChI is InChI=1S/C19H24N2O4S/c1-4-13-26(22,23)14-19(20-15-5-9-17(24-2)10-6-15)21-16-7-11-18(25-3)12-8-16/h5-12H,4,13-14H2,1-3H3,(H,20,21). The normalized spacial score (nSPS) is 11.9. The summed E-state index contributed by atoms with van der Waals surface area (Å²) in [5, 5.41) is 3.11. The zero-order chi connectivity index (χ0) is 19.0. The van der Waals surface area contributed by atoms with E-state index < -0.39 is 9.84 Å². The third-order valence-corrected chi connectivity index (χ3v) is 5.33. The van der Waals surface area contributed by atoms with Crippen molar-refractivity contribution in [2.45, 2.75) is 13.3 Å². The molecule has 2 rings (SSSR count). The van der Waals surface area contributed by atoms with E-state index in [1.165, 1.54) is 0 Å². The molecule has 0 saturated carbocycles. The molecule has 2 aromatic carbocycles. The summed E-state index contributed by atoms with van der Waals surface area (Å²) in [4.78, 5) is 4.48. The fraction of sp³-hybridized carbons (Fsp3) is 0.316. The van der Waals surface area contributed by atoms with Gasteiger partial charge in [0, 0.05) is 5.69 Å².